The first-order valence-electron chi connectivity index (χ1n) is 8.42. The van der Waals surface area contributed by atoms with Crippen LogP contribution in [0.3, 0.4) is 0 Å². The summed E-state index contributed by atoms with van der Waals surface area (Å²) in [6, 6.07) is 0. The zero-order valence-electron chi connectivity index (χ0n) is 15.2. The molecule has 0 rings (SSSR count). The second kappa shape index (κ2) is 27.5. The van der Waals surface area contributed by atoms with Crippen LogP contribution in [0.5, 0.6) is 0 Å². The van der Waals surface area contributed by atoms with Crippen molar-refractivity contribution in [2.45, 2.75) is 13.3 Å². The number of aliphatic hydroxyl groups excluding tert-OH is 2. The van der Waals surface area contributed by atoms with E-state index in [0.717, 1.165) is 13.0 Å². The molecule has 0 aromatic rings. The van der Waals surface area contributed by atoms with Gasteiger partial charge in [0.1, 0.15) is 0 Å². The van der Waals surface area contributed by atoms with Crippen molar-refractivity contribution in [3.05, 3.63) is 0 Å². The molecule has 24 heavy (non-hydrogen) atoms. The number of methoxy groups -OCH3 is 1. The third kappa shape index (κ3) is 29.7. The summed E-state index contributed by atoms with van der Waals surface area (Å²) in [5, 5.41) is 16.9. The lowest BCUT2D eigenvalue weighted by molar-refractivity contribution is -0.0151. The second-order valence-corrected chi connectivity index (χ2v) is 4.50. The minimum atomic E-state index is 0.0359. The molecule has 0 heterocycles. The first kappa shape index (κ1) is 25.9. The van der Waals surface area contributed by atoms with Crippen molar-refractivity contribution in [3.63, 3.8) is 0 Å². The standard InChI is InChI=1S/C12H26O7.C4H10O/c13-1-3-15-5-7-17-9-11-19-12-10-18-8-6-16-4-2-14;1-3-4-5-2/h13-14H,1-12H2;3-4H2,1-2H3. The van der Waals surface area contributed by atoms with Crippen molar-refractivity contribution in [1.82, 2.24) is 0 Å². The van der Waals surface area contributed by atoms with E-state index in [1.807, 2.05) is 0 Å². The van der Waals surface area contributed by atoms with E-state index >= 15 is 0 Å². The Labute approximate surface area is 145 Å². The van der Waals surface area contributed by atoms with Crippen LogP contribution in [0.4, 0.5) is 0 Å². The Balaban J connectivity index is 0. The monoisotopic (exact) mass is 356 g/mol. The maximum atomic E-state index is 8.45. The lowest BCUT2D eigenvalue weighted by atomic mass is 10.5. The molecule has 0 saturated carbocycles. The minimum absolute atomic E-state index is 0.0359. The molecule has 0 aliphatic rings. The van der Waals surface area contributed by atoms with Gasteiger partial charge in [0.15, 0.2) is 0 Å². The van der Waals surface area contributed by atoms with Gasteiger partial charge in [-0.2, -0.15) is 0 Å². The minimum Gasteiger partial charge on any atom is -0.394 e. The van der Waals surface area contributed by atoms with Gasteiger partial charge in [-0.3, -0.25) is 0 Å². The summed E-state index contributed by atoms with van der Waals surface area (Å²) in [4.78, 5) is 0. The fraction of sp³-hybridized carbons (Fsp3) is 1.00. The molecule has 0 saturated heterocycles. The number of hydrogen-bond donors (Lipinski definition) is 2. The van der Waals surface area contributed by atoms with Gasteiger partial charge in [0.2, 0.25) is 0 Å². The van der Waals surface area contributed by atoms with E-state index in [0.29, 0.717) is 66.1 Å². The topological polar surface area (TPSA) is 95.8 Å². The van der Waals surface area contributed by atoms with Crippen LogP contribution in [0, 0.1) is 0 Å². The lowest BCUT2D eigenvalue weighted by Gasteiger charge is -2.07. The summed E-state index contributed by atoms with van der Waals surface area (Å²) in [6.45, 7) is 7.78. The van der Waals surface area contributed by atoms with Gasteiger partial charge in [0, 0.05) is 13.7 Å². The first-order valence-corrected chi connectivity index (χ1v) is 8.42. The van der Waals surface area contributed by atoms with E-state index < -0.39 is 0 Å². The van der Waals surface area contributed by atoms with Crippen LogP contribution in [0.2, 0.25) is 0 Å². The molecule has 0 aliphatic carbocycles. The predicted octanol–water partition coefficient (Wildman–Crippen LogP) is 0.0968. The SMILES string of the molecule is CCCOC.OCCOCCOCCOCCOCCOCCO. The molecule has 0 spiro atoms. The molecule has 0 fully saturated rings. The third-order valence-corrected chi connectivity index (χ3v) is 2.37. The number of ether oxygens (including phenoxy) is 6. The first-order chi connectivity index (χ1) is 11.8. The van der Waals surface area contributed by atoms with Crippen LogP contribution in [0.15, 0.2) is 0 Å². The highest BCUT2D eigenvalue weighted by Crippen LogP contribution is 1.83. The highest BCUT2D eigenvalue weighted by atomic mass is 16.6. The molecule has 0 amide bonds. The van der Waals surface area contributed by atoms with Gasteiger partial charge in [-0.1, -0.05) is 6.92 Å². The zero-order chi connectivity index (χ0) is 18.1. The molecule has 8 nitrogen and oxygen atoms in total. The number of hydrogen-bond acceptors (Lipinski definition) is 8. The summed E-state index contributed by atoms with van der Waals surface area (Å²) >= 11 is 0. The lowest BCUT2D eigenvalue weighted by Crippen LogP contribution is -2.14. The molecule has 0 bridgehead atoms. The van der Waals surface area contributed by atoms with E-state index in [2.05, 4.69) is 6.92 Å². The largest absolute Gasteiger partial charge is 0.394 e. The summed E-state index contributed by atoms with van der Waals surface area (Å²) < 4.78 is 30.5. The van der Waals surface area contributed by atoms with Gasteiger partial charge in [0.05, 0.1) is 79.3 Å². The van der Waals surface area contributed by atoms with Crippen molar-refractivity contribution in [1.29, 1.82) is 0 Å². The average molecular weight is 356 g/mol. The molecule has 2 N–H and O–H groups in total. The molecule has 0 aromatic heterocycles. The smallest absolute Gasteiger partial charge is 0.0701 e. The van der Waals surface area contributed by atoms with Crippen LogP contribution in [0.25, 0.3) is 0 Å². The molecule has 148 valence electrons. The maximum absolute atomic E-state index is 8.45. The van der Waals surface area contributed by atoms with Gasteiger partial charge >= 0.3 is 0 Å². The molecule has 0 aliphatic heterocycles. The van der Waals surface area contributed by atoms with E-state index in [-0.39, 0.29) is 13.2 Å². The summed E-state index contributed by atoms with van der Waals surface area (Å²) in [5.74, 6) is 0. The number of aliphatic hydroxyl groups is 2. The molecular formula is C16H36O8. The fourth-order valence-corrected chi connectivity index (χ4v) is 1.31. The van der Waals surface area contributed by atoms with Crippen molar-refractivity contribution < 1.29 is 38.6 Å². The zero-order valence-corrected chi connectivity index (χ0v) is 15.2. The Morgan fingerprint density at radius 3 is 0.958 bits per heavy atom. The van der Waals surface area contributed by atoms with Crippen LogP contribution in [-0.4, -0.2) is 103 Å². The molecule has 0 radical (unpaired) electrons. The molecular weight excluding hydrogens is 320 g/mol. The Morgan fingerprint density at radius 1 is 0.500 bits per heavy atom. The maximum Gasteiger partial charge on any atom is 0.0701 e. The Morgan fingerprint density at radius 2 is 0.792 bits per heavy atom. The quantitative estimate of drug-likeness (QED) is 0.334. The van der Waals surface area contributed by atoms with Crippen molar-refractivity contribution in [2.75, 3.05) is 93.0 Å². The molecule has 8 heteroatoms. The number of rotatable bonds is 18. The van der Waals surface area contributed by atoms with E-state index in [1.54, 1.807) is 7.11 Å². The Hall–Kier alpha value is -0.320. The average Bonchev–Trinajstić information content (AvgIpc) is 2.60. The molecule has 0 aromatic carbocycles. The van der Waals surface area contributed by atoms with Gasteiger partial charge < -0.3 is 38.6 Å². The summed E-state index contributed by atoms with van der Waals surface area (Å²) in [7, 11) is 1.71. The van der Waals surface area contributed by atoms with Crippen molar-refractivity contribution in [2.24, 2.45) is 0 Å². The summed E-state index contributed by atoms with van der Waals surface area (Å²) in [6.07, 6.45) is 1.12. The molecule has 0 unspecified atom stereocenters. The highest BCUT2D eigenvalue weighted by Gasteiger charge is 1.92. The molecule has 0 atom stereocenters. The van der Waals surface area contributed by atoms with Crippen LogP contribution < -0.4 is 0 Å². The fourth-order valence-electron chi connectivity index (χ4n) is 1.31. The van der Waals surface area contributed by atoms with Crippen LogP contribution in [0.1, 0.15) is 13.3 Å². The highest BCUT2D eigenvalue weighted by molar-refractivity contribution is 4.35. The van der Waals surface area contributed by atoms with Crippen LogP contribution >= 0.6 is 0 Å². The predicted molar refractivity (Wildman–Crippen MR) is 90.4 cm³/mol. The van der Waals surface area contributed by atoms with Gasteiger partial charge in [-0.25, -0.2) is 0 Å². The van der Waals surface area contributed by atoms with E-state index in [9.17, 15) is 0 Å². The van der Waals surface area contributed by atoms with Gasteiger partial charge in [-0.05, 0) is 6.42 Å². The Kier molecular flexibility index (Phi) is 29.7. The Bertz CT molecular complexity index is 177. The van der Waals surface area contributed by atoms with Crippen LogP contribution in [-0.2, 0) is 28.4 Å². The van der Waals surface area contributed by atoms with Crippen molar-refractivity contribution >= 4 is 0 Å². The third-order valence-electron chi connectivity index (χ3n) is 2.37. The normalized spacial score (nSPS) is 10.5. The van der Waals surface area contributed by atoms with E-state index in [1.165, 1.54) is 0 Å². The second-order valence-electron chi connectivity index (χ2n) is 4.50. The summed E-state index contributed by atoms with van der Waals surface area (Å²) in [5.41, 5.74) is 0. The van der Waals surface area contributed by atoms with E-state index in [4.69, 9.17) is 38.6 Å². The van der Waals surface area contributed by atoms with Gasteiger partial charge in [0.25, 0.3) is 0 Å². The van der Waals surface area contributed by atoms with Crippen molar-refractivity contribution in [3.8, 4) is 0 Å². The van der Waals surface area contributed by atoms with Gasteiger partial charge in [-0.15, -0.1) is 0 Å².